The minimum atomic E-state index is -3.68. The molecule has 136 valence electrons. The maximum absolute atomic E-state index is 12.8. The van der Waals surface area contributed by atoms with Crippen LogP contribution in [0.2, 0.25) is 0 Å². The van der Waals surface area contributed by atoms with Crippen LogP contribution in [-0.4, -0.2) is 51.9 Å². The van der Waals surface area contributed by atoms with Gasteiger partial charge >= 0.3 is 0 Å². The number of hydrogen-bond acceptors (Lipinski definition) is 5. The van der Waals surface area contributed by atoms with Crippen molar-refractivity contribution in [3.05, 3.63) is 18.2 Å². The number of hydrogen-bond donors (Lipinski definition) is 2. The predicted octanol–water partition coefficient (Wildman–Crippen LogP) is 1.66. The van der Waals surface area contributed by atoms with E-state index >= 15 is 0 Å². The van der Waals surface area contributed by atoms with Gasteiger partial charge in [0, 0.05) is 31.7 Å². The highest BCUT2D eigenvalue weighted by molar-refractivity contribution is 7.89. The van der Waals surface area contributed by atoms with E-state index in [1.807, 2.05) is 0 Å². The van der Waals surface area contributed by atoms with Gasteiger partial charge in [0.25, 0.3) is 0 Å². The quantitative estimate of drug-likeness (QED) is 0.665. The summed E-state index contributed by atoms with van der Waals surface area (Å²) in [6.07, 6.45) is 0.307. The van der Waals surface area contributed by atoms with Gasteiger partial charge in [-0.3, -0.25) is 4.79 Å². The van der Waals surface area contributed by atoms with Crippen LogP contribution in [0.15, 0.2) is 23.1 Å². The van der Waals surface area contributed by atoms with Crippen molar-refractivity contribution in [2.75, 3.05) is 38.6 Å². The molecule has 7 nitrogen and oxygen atoms in total. The third-order valence-electron chi connectivity index (χ3n) is 3.45. The smallest absolute Gasteiger partial charge is 0.246 e. The monoisotopic (exact) mass is 357 g/mol. The highest BCUT2D eigenvalue weighted by Crippen LogP contribution is 2.30. The fourth-order valence-electron chi connectivity index (χ4n) is 2.23. The maximum atomic E-state index is 12.8. The Bertz CT molecular complexity index is 643. The minimum Gasteiger partial charge on any atom is -0.492 e. The van der Waals surface area contributed by atoms with Gasteiger partial charge in [0.15, 0.2) is 0 Å². The normalized spacial score (nSPS) is 11.5. The molecule has 1 aromatic carbocycles. The molecule has 0 saturated heterocycles. The highest BCUT2D eigenvalue weighted by atomic mass is 32.2. The lowest BCUT2D eigenvalue weighted by atomic mass is 10.3. The Hall–Kier alpha value is -1.64. The second kappa shape index (κ2) is 9.61. The Morgan fingerprint density at radius 2 is 1.88 bits per heavy atom. The molecule has 24 heavy (non-hydrogen) atoms. The first-order valence-electron chi connectivity index (χ1n) is 8.12. The number of nitrogens with zero attached hydrogens (tertiary/aromatic N) is 1. The fraction of sp³-hybridized carbons (Fsp3) is 0.562. The van der Waals surface area contributed by atoms with E-state index in [4.69, 9.17) is 4.74 Å². The zero-order chi connectivity index (χ0) is 18.2. The molecule has 0 spiro atoms. The van der Waals surface area contributed by atoms with E-state index in [0.29, 0.717) is 38.3 Å². The first-order valence-corrected chi connectivity index (χ1v) is 9.56. The Kier molecular flexibility index (Phi) is 8.17. The molecule has 1 rings (SSSR count). The van der Waals surface area contributed by atoms with Gasteiger partial charge in [0.1, 0.15) is 10.6 Å². The Labute approximate surface area is 144 Å². The number of anilines is 1. The molecule has 0 bridgehead atoms. The molecule has 0 radical (unpaired) electrons. The molecule has 0 aliphatic heterocycles. The van der Waals surface area contributed by atoms with Crippen LogP contribution in [0.3, 0.4) is 0 Å². The molecule has 0 aliphatic carbocycles. The van der Waals surface area contributed by atoms with Gasteiger partial charge in [-0.1, -0.05) is 13.8 Å². The van der Waals surface area contributed by atoms with Gasteiger partial charge in [0.05, 0.1) is 6.61 Å². The number of sulfonamides is 1. The highest BCUT2D eigenvalue weighted by Gasteiger charge is 2.26. The van der Waals surface area contributed by atoms with Crippen molar-refractivity contribution in [3.63, 3.8) is 0 Å². The van der Waals surface area contributed by atoms with E-state index in [9.17, 15) is 13.2 Å². The van der Waals surface area contributed by atoms with Crippen molar-refractivity contribution in [1.82, 2.24) is 9.62 Å². The number of carbonyl (C=O) groups excluding carboxylic acids is 1. The molecule has 0 unspecified atom stereocenters. The lowest BCUT2D eigenvalue weighted by Gasteiger charge is -2.21. The topological polar surface area (TPSA) is 87.7 Å². The fourth-order valence-corrected chi connectivity index (χ4v) is 3.84. The molecule has 0 fully saturated rings. The molecule has 1 aromatic rings. The lowest BCUT2D eigenvalue weighted by molar-refractivity contribution is -0.116. The zero-order valence-corrected chi connectivity index (χ0v) is 15.6. The minimum absolute atomic E-state index is 0.0690. The molecule has 1 amide bonds. The number of carbonyl (C=O) groups is 1. The van der Waals surface area contributed by atoms with Gasteiger partial charge in [-0.25, -0.2) is 8.42 Å². The molecule has 8 heteroatoms. The largest absolute Gasteiger partial charge is 0.492 e. The molecule has 2 N–H and O–H groups in total. The van der Waals surface area contributed by atoms with Gasteiger partial charge < -0.3 is 15.4 Å². The van der Waals surface area contributed by atoms with Gasteiger partial charge in [-0.2, -0.15) is 4.31 Å². The average molecular weight is 357 g/mol. The van der Waals surface area contributed by atoms with Crippen LogP contribution < -0.4 is 15.4 Å². The summed E-state index contributed by atoms with van der Waals surface area (Å²) in [6.45, 7) is 6.99. The molecule has 0 heterocycles. The van der Waals surface area contributed by atoms with Crippen molar-refractivity contribution in [2.45, 2.75) is 32.1 Å². The standard InChI is InChI=1S/C16H27N3O4S/c1-5-19(6-2)24(21,22)15-12-13(8-9-14(15)23-7-3)18-16(20)10-11-17-4/h8-9,12,17H,5-7,10-11H2,1-4H3,(H,18,20). The van der Waals surface area contributed by atoms with Gasteiger partial charge in [0.2, 0.25) is 15.9 Å². The number of benzene rings is 1. The lowest BCUT2D eigenvalue weighted by Crippen LogP contribution is -2.31. The summed E-state index contributed by atoms with van der Waals surface area (Å²) in [5.41, 5.74) is 0.435. The third-order valence-corrected chi connectivity index (χ3v) is 5.52. The van der Waals surface area contributed by atoms with Crippen LogP contribution in [0.1, 0.15) is 27.2 Å². The molecular formula is C16H27N3O4S. The number of rotatable bonds is 10. The van der Waals surface area contributed by atoms with Crippen molar-refractivity contribution < 1.29 is 17.9 Å². The zero-order valence-electron chi connectivity index (χ0n) is 14.8. The second-order valence-corrected chi connectivity index (χ2v) is 6.99. The Morgan fingerprint density at radius 1 is 1.21 bits per heavy atom. The van der Waals surface area contributed by atoms with E-state index in [0.717, 1.165) is 0 Å². The van der Waals surface area contributed by atoms with Gasteiger partial charge in [-0.15, -0.1) is 0 Å². The molecule has 0 saturated carbocycles. The summed E-state index contributed by atoms with van der Waals surface area (Å²) in [4.78, 5) is 11.9. The van der Waals surface area contributed by atoms with Crippen LogP contribution in [-0.2, 0) is 14.8 Å². The van der Waals surface area contributed by atoms with E-state index in [-0.39, 0.29) is 16.6 Å². The van der Waals surface area contributed by atoms with E-state index in [1.165, 1.54) is 10.4 Å². The molecular weight excluding hydrogens is 330 g/mol. The SMILES string of the molecule is CCOc1ccc(NC(=O)CCNC)cc1S(=O)(=O)N(CC)CC. The van der Waals surface area contributed by atoms with Crippen LogP contribution in [0.5, 0.6) is 5.75 Å². The molecule has 0 aliphatic rings. The summed E-state index contributed by atoms with van der Waals surface area (Å²) in [5.74, 6) is 0.109. The maximum Gasteiger partial charge on any atom is 0.246 e. The van der Waals surface area contributed by atoms with Crippen molar-refractivity contribution in [3.8, 4) is 5.75 Å². The van der Waals surface area contributed by atoms with Crippen molar-refractivity contribution in [1.29, 1.82) is 0 Å². The molecule has 0 aromatic heterocycles. The predicted molar refractivity (Wildman–Crippen MR) is 94.9 cm³/mol. The van der Waals surface area contributed by atoms with Crippen LogP contribution in [0, 0.1) is 0 Å². The van der Waals surface area contributed by atoms with Crippen molar-refractivity contribution >= 4 is 21.6 Å². The second-order valence-electron chi connectivity index (χ2n) is 5.09. The van der Waals surface area contributed by atoms with Crippen LogP contribution in [0.4, 0.5) is 5.69 Å². The summed E-state index contributed by atoms with van der Waals surface area (Å²) < 4.78 is 32.5. The van der Waals surface area contributed by atoms with E-state index < -0.39 is 10.0 Å². The number of amides is 1. The van der Waals surface area contributed by atoms with Crippen molar-refractivity contribution in [2.24, 2.45) is 0 Å². The van der Waals surface area contributed by atoms with E-state index in [1.54, 1.807) is 40.0 Å². The Morgan fingerprint density at radius 3 is 2.42 bits per heavy atom. The van der Waals surface area contributed by atoms with Crippen LogP contribution in [0.25, 0.3) is 0 Å². The summed E-state index contributed by atoms with van der Waals surface area (Å²) in [5, 5.41) is 5.61. The summed E-state index contributed by atoms with van der Waals surface area (Å²) in [6, 6.07) is 4.67. The average Bonchev–Trinajstić information content (AvgIpc) is 2.55. The number of nitrogens with one attached hydrogen (secondary N) is 2. The Balaban J connectivity index is 3.20. The first-order chi connectivity index (χ1) is 11.4. The summed E-state index contributed by atoms with van der Waals surface area (Å²) in [7, 11) is -1.92. The van der Waals surface area contributed by atoms with Crippen LogP contribution >= 0.6 is 0 Å². The summed E-state index contributed by atoms with van der Waals surface area (Å²) >= 11 is 0. The van der Waals surface area contributed by atoms with Gasteiger partial charge in [-0.05, 0) is 32.2 Å². The number of ether oxygens (including phenoxy) is 1. The third kappa shape index (κ3) is 5.19. The first kappa shape index (κ1) is 20.4. The van der Waals surface area contributed by atoms with E-state index in [2.05, 4.69) is 10.6 Å². The molecule has 0 atom stereocenters.